The molecule has 128 valence electrons. The van der Waals surface area contributed by atoms with Gasteiger partial charge in [-0.05, 0) is 42.3 Å². The third kappa shape index (κ3) is 4.03. The Morgan fingerprint density at radius 2 is 2.00 bits per heavy atom. The first-order chi connectivity index (χ1) is 12.1. The van der Waals surface area contributed by atoms with Crippen molar-refractivity contribution in [3.05, 3.63) is 70.5 Å². The molecule has 0 amide bonds. The fourth-order valence-electron chi connectivity index (χ4n) is 2.42. The quantitative estimate of drug-likeness (QED) is 0.710. The van der Waals surface area contributed by atoms with Crippen molar-refractivity contribution in [2.24, 2.45) is 0 Å². The molecular weight excluding hydrogens is 341 g/mol. The predicted octanol–water partition coefficient (Wildman–Crippen LogP) is 4.35. The van der Waals surface area contributed by atoms with Crippen LogP contribution in [0.15, 0.2) is 42.9 Å². The van der Waals surface area contributed by atoms with E-state index in [2.05, 4.69) is 25.6 Å². The smallest absolute Gasteiger partial charge is 0.222 e. The van der Waals surface area contributed by atoms with Gasteiger partial charge in [0.2, 0.25) is 5.95 Å². The lowest BCUT2D eigenvalue weighted by atomic mass is 10.0. The molecule has 2 heterocycles. The molecule has 5 nitrogen and oxygen atoms in total. The molecule has 0 aliphatic rings. The summed E-state index contributed by atoms with van der Waals surface area (Å²) in [5.74, 6) is 0.160. The van der Waals surface area contributed by atoms with Crippen molar-refractivity contribution in [2.45, 2.75) is 13.3 Å². The van der Waals surface area contributed by atoms with Crippen molar-refractivity contribution >= 4 is 28.9 Å². The zero-order valence-electron chi connectivity index (χ0n) is 13.8. The fraction of sp³-hybridized carbons (Fsp3) is 0.167. The average Bonchev–Trinajstić information content (AvgIpc) is 2.61. The number of benzene rings is 1. The van der Waals surface area contributed by atoms with E-state index in [1.807, 2.05) is 13.0 Å². The third-order valence-electron chi connectivity index (χ3n) is 3.83. The maximum absolute atomic E-state index is 14.0. The molecule has 0 spiro atoms. The number of anilines is 3. The number of hydrogen-bond acceptors (Lipinski definition) is 5. The van der Waals surface area contributed by atoms with Gasteiger partial charge in [0.25, 0.3) is 0 Å². The van der Waals surface area contributed by atoms with Gasteiger partial charge in [0.15, 0.2) is 0 Å². The highest BCUT2D eigenvalue weighted by atomic mass is 35.5. The Morgan fingerprint density at radius 3 is 2.76 bits per heavy atom. The second kappa shape index (κ2) is 7.44. The summed E-state index contributed by atoms with van der Waals surface area (Å²) in [6.45, 7) is 1.97. The number of hydrogen-bond donors (Lipinski definition) is 2. The van der Waals surface area contributed by atoms with Crippen LogP contribution >= 0.6 is 11.6 Å². The Morgan fingerprint density at radius 1 is 1.16 bits per heavy atom. The molecule has 2 aromatic heterocycles. The van der Waals surface area contributed by atoms with E-state index in [0.717, 1.165) is 22.5 Å². The lowest BCUT2D eigenvalue weighted by Gasteiger charge is -2.13. The molecule has 7 heteroatoms. The topological polar surface area (TPSA) is 62.7 Å². The number of nitrogens with one attached hydrogen (secondary N) is 2. The number of pyridine rings is 1. The molecule has 0 aliphatic heterocycles. The normalized spacial score (nSPS) is 10.6. The van der Waals surface area contributed by atoms with Gasteiger partial charge in [0, 0.05) is 30.9 Å². The largest absolute Gasteiger partial charge is 0.357 e. The van der Waals surface area contributed by atoms with E-state index in [0.29, 0.717) is 23.1 Å². The highest BCUT2D eigenvalue weighted by molar-refractivity contribution is 6.30. The molecule has 0 fully saturated rings. The van der Waals surface area contributed by atoms with Crippen molar-refractivity contribution in [3.8, 4) is 0 Å². The summed E-state index contributed by atoms with van der Waals surface area (Å²) in [6.07, 6.45) is 5.78. The van der Waals surface area contributed by atoms with Crippen molar-refractivity contribution in [2.75, 3.05) is 17.7 Å². The Hall–Kier alpha value is -2.73. The van der Waals surface area contributed by atoms with Crippen LogP contribution in [-0.2, 0) is 6.42 Å². The van der Waals surface area contributed by atoms with Crippen LogP contribution in [0.5, 0.6) is 0 Å². The second-order valence-corrected chi connectivity index (χ2v) is 5.96. The van der Waals surface area contributed by atoms with Crippen LogP contribution in [0.1, 0.15) is 16.8 Å². The molecule has 3 aromatic rings. The zero-order chi connectivity index (χ0) is 17.8. The summed E-state index contributed by atoms with van der Waals surface area (Å²) in [4.78, 5) is 12.8. The van der Waals surface area contributed by atoms with E-state index in [1.54, 1.807) is 37.8 Å². The molecular formula is C18H17ClFN5. The van der Waals surface area contributed by atoms with Crippen molar-refractivity contribution in [1.82, 2.24) is 15.0 Å². The molecule has 0 atom stereocenters. The van der Waals surface area contributed by atoms with Crippen LogP contribution < -0.4 is 10.6 Å². The molecule has 0 radical (unpaired) electrons. The van der Waals surface area contributed by atoms with E-state index in [4.69, 9.17) is 11.6 Å². The third-order valence-corrected chi connectivity index (χ3v) is 4.06. The minimum Gasteiger partial charge on any atom is -0.357 e. The highest BCUT2D eigenvalue weighted by Gasteiger charge is 2.10. The van der Waals surface area contributed by atoms with Gasteiger partial charge >= 0.3 is 0 Å². The molecule has 0 saturated carbocycles. The summed E-state index contributed by atoms with van der Waals surface area (Å²) in [5, 5.41) is 6.35. The van der Waals surface area contributed by atoms with Crippen LogP contribution in [0.25, 0.3) is 0 Å². The first-order valence-electron chi connectivity index (χ1n) is 7.72. The monoisotopic (exact) mass is 357 g/mol. The standard InChI is InChI=1S/C18H17ClFN5/c1-11-12(7-14-5-6-23-18(21-2)24-14)9-22-10-17(11)25-16-4-3-13(19)8-15(16)20/h3-6,8-10,25H,7H2,1-2H3,(H,21,23,24). The zero-order valence-corrected chi connectivity index (χ0v) is 14.6. The van der Waals surface area contributed by atoms with Gasteiger partial charge in [-0.2, -0.15) is 0 Å². The van der Waals surface area contributed by atoms with Gasteiger partial charge in [-0.25, -0.2) is 14.4 Å². The highest BCUT2D eigenvalue weighted by Crippen LogP contribution is 2.26. The van der Waals surface area contributed by atoms with Gasteiger partial charge in [-0.1, -0.05) is 11.6 Å². The van der Waals surface area contributed by atoms with E-state index < -0.39 is 5.82 Å². The molecule has 2 N–H and O–H groups in total. The Labute approximate surface area is 150 Å². The summed E-state index contributed by atoms with van der Waals surface area (Å²) >= 11 is 5.79. The number of halogens is 2. The van der Waals surface area contributed by atoms with Crippen molar-refractivity contribution in [3.63, 3.8) is 0 Å². The Balaban J connectivity index is 1.86. The van der Waals surface area contributed by atoms with E-state index in [9.17, 15) is 4.39 Å². The SMILES string of the molecule is CNc1nccc(Cc2cncc(Nc3ccc(Cl)cc3F)c2C)n1. The molecule has 0 saturated heterocycles. The maximum Gasteiger partial charge on any atom is 0.222 e. The van der Waals surface area contributed by atoms with E-state index >= 15 is 0 Å². The fourth-order valence-corrected chi connectivity index (χ4v) is 2.58. The number of aromatic nitrogens is 3. The molecule has 0 aliphatic carbocycles. The van der Waals surface area contributed by atoms with Crippen molar-refractivity contribution in [1.29, 1.82) is 0 Å². The first-order valence-corrected chi connectivity index (χ1v) is 8.10. The molecule has 25 heavy (non-hydrogen) atoms. The maximum atomic E-state index is 14.0. The van der Waals surface area contributed by atoms with Crippen molar-refractivity contribution < 1.29 is 4.39 Å². The van der Waals surface area contributed by atoms with Gasteiger partial charge < -0.3 is 10.6 Å². The first kappa shape index (κ1) is 17.1. The van der Waals surface area contributed by atoms with Crippen LogP contribution in [0, 0.1) is 12.7 Å². The number of rotatable bonds is 5. The predicted molar refractivity (Wildman–Crippen MR) is 98.1 cm³/mol. The average molecular weight is 358 g/mol. The van der Waals surface area contributed by atoms with Gasteiger partial charge in [0.05, 0.1) is 23.3 Å². The van der Waals surface area contributed by atoms with Crippen LogP contribution in [-0.4, -0.2) is 22.0 Å². The lowest BCUT2D eigenvalue weighted by Crippen LogP contribution is -2.03. The number of nitrogens with zero attached hydrogens (tertiary/aromatic N) is 3. The summed E-state index contributed by atoms with van der Waals surface area (Å²) < 4.78 is 14.0. The van der Waals surface area contributed by atoms with Crippen LogP contribution in [0.4, 0.5) is 21.7 Å². The van der Waals surface area contributed by atoms with Gasteiger partial charge in [0.1, 0.15) is 5.82 Å². The Kier molecular flexibility index (Phi) is 5.09. The summed E-state index contributed by atoms with van der Waals surface area (Å²) in [6, 6.07) is 6.38. The molecule has 0 bridgehead atoms. The van der Waals surface area contributed by atoms with E-state index in [-0.39, 0.29) is 0 Å². The Bertz CT molecular complexity index is 900. The molecule has 3 rings (SSSR count). The summed E-state index contributed by atoms with van der Waals surface area (Å²) in [5.41, 5.74) is 3.95. The summed E-state index contributed by atoms with van der Waals surface area (Å²) in [7, 11) is 1.77. The van der Waals surface area contributed by atoms with Gasteiger partial charge in [-0.15, -0.1) is 0 Å². The second-order valence-electron chi connectivity index (χ2n) is 5.52. The van der Waals surface area contributed by atoms with Crippen LogP contribution in [0.3, 0.4) is 0 Å². The van der Waals surface area contributed by atoms with Crippen LogP contribution in [0.2, 0.25) is 5.02 Å². The van der Waals surface area contributed by atoms with E-state index in [1.165, 1.54) is 6.07 Å². The van der Waals surface area contributed by atoms with Gasteiger partial charge in [-0.3, -0.25) is 4.98 Å². The lowest BCUT2D eigenvalue weighted by molar-refractivity contribution is 0.632. The molecule has 1 aromatic carbocycles. The molecule has 0 unspecified atom stereocenters. The minimum atomic E-state index is -0.410. The minimum absolute atomic E-state index is 0.353.